The Morgan fingerprint density at radius 1 is 1.04 bits per heavy atom. The Morgan fingerprint density at radius 2 is 1.88 bits per heavy atom. The molecule has 2 heterocycles. The van der Waals surface area contributed by atoms with Crippen LogP contribution in [0.4, 0.5) is 5.82 Å². The van der Waals surface area contributed by atoms with Gasteiger partial charge in [0.25, 0.3) is 0 Å². The molecule has 5 heteroatoms. The molecule has 0 unspecified atom stereocenters. The van der Waals surface area contributed by atoms with Gasteiger partial charge < -0.3 is 14.6 Å². The summed E-state index contributed by atoms with van der Waals surface area (Å²) in [5.74, 6) is 1.73. The predicted octanol–water partition coefficient (Wildman–Crippen LogP) is 4.15. The van der Waals surface area contributed by atoms with Crippen molar-refractivity contribution >= 4 is 27.8 Å². The van der Waals surface area contributed by atoms with E-state index >= 15 is 0 Å². The third kappa shape index (κ3) is 2.67. The highest BCUT2D eigenvalue weighted by Gasteiger charge is 2.17. The van der Waals surface area contributed by atoms with Gasteiger partial charge in [-0.05, 0) is 24.6 Å². The topological polar surface area (TPSA) is 54.0 Å². The molecule has 0 saturated heterocycles. The second kappa shape index (κ2) is 6.43. The first-order valence-corrected chi connectivity index (χ1v) is 8.40. The average molecular weight is 332 g/mol. The van der Waals surface area contributed by atoms with Gasteiger partial charge in [0.15, 0.2) is 5.82 Å². The van der Waals surface area contributed by atoms with E-state index in [4.69, 9.17) is 4.74 Å². The van der Waals surface area contributed by atoms with Gasteiger partial charge in [-0.15, -0.1) is 0 Å². The van der Waals surface area contributed by atoms with Crippen molar-refractivity contribution in [3.8, 4) is 5.75 Å². The van der Waals surface area contributed by atoms with Crippen LogP contribution in [0.1, 0.15) is 12.5 Å². The Labute approximate surface area is 146 Å². The van der Waals surface area contributed by atoms with Gasteiger partial charge in [-0.2, -0.15) is 0 Å². The highest BCUT2D eigenvalue weighted by molar-refractivity contribution is 6.11. The van der Waals surface area contributed by atoms with E-state index in [9.17, 15) is 0 Å². The summed E-state index contributed by atoms with van der Waals surface area (Å²) in [5.41, 5.74) is 4.10. The molecule has 0 aliphatic rings. The van der Waals surface area contributed by atoms with Gasteiger partial charge in [-0.25, -0.2) is 9.97 Å². The number of methoxy groups -OCH3 is 1. The maximum atomic E-state index is 5.52. The molecule has 0 radical (unpaired) electrons. The van der Waals surface area contributed by atoms with Crippen molar-refractivity contribution in [1.82, 2.24) is 15.0 Å². The average Bonchev–Trinajstić information content (AvgIpc) is 3.06. The molecule has 0 spiro atoms. The maximum absolute atomic E-state index is 5.52. The zero-order valence-corrected chi connectivity index (χ0v) is 14.4. The molecule has 4 rings (SSSR count). The standard InChI is InChI=1S/C20H20N4O/c1-3-24(12-14-8-5-4-6-9-14)20-19-18(21-13-22-20)17-15(23-19)10-7-11-16(17)25-2/h4-11,13,23H,3,12H2,1-2H3. The van der Waals surface area contributed by atoms with Gasteiger partial charge in [0.2, 0.25) is 0 Å². The molecule has 0 fully saturated rings. The lowest BCUT2D eigenvalue weighted by molar-refractivity contribution is 0.420. The largest absolute Gasteiger partial charge is 0.496 e. The zero-order valence-electron chi connectivity index (χ0n) is 14.4. The molecule has 0 atom stereocenters. The molecular weight excluding hydrogens is 312 g/mol. The predicted molar refractivity (Wildman–Crippen MR) is 101 cm³/mol. The number of aromatic amines is 1. The lowest BCUT2D eigenvalue weighted by atomic mass is 10.2. The molecule has 2 aromatic heterocycles. The van der Waals surface area contributed by atoms with Crippen molar-refractivity contribution in [2.75, 3.05) is 18.6 Å². The lowest BCUT2D eigenvalue weighted by Gasteiger charge is -2.22. The SMILES string of the molecule is CCN(Cc1ccccc1)c1ncnc2c1[nH]c1cccc(OC)c12. The summed E-state index contributed by atoms with van der Waals surface area (Å²) in [6, 6.07) is 16.4. The first-order chi connectivity index (χ1) is 12.3. The quantitative estimate of drug-likeness (QED) is 0.596. The molecule has 4 aromatic rings. The van der Waals surface area contributed by atoms with E-state index in [0.717, 1.165) is 46.6 Å². The summed E-state index contributed by atoms with van der Waals surface area (Å²) >= 11 is 0. The van der Waals surface area contributed by atoms with Crippen LogP contribution in [0.5, 0.6) is 5.75 Å². The van der Waals surface area contributed by atoms with E-state index in [1.54, 1.807) is 13.4 Å². The third-order valence-electron chi connectivity index (χ3n) is 4.47. The van der Waals surface area contributed by atoms with Crippen molar-refractivity contribution in [1.29, 1.82) is 0 Å². The van der Waals surface area contributed by atoms with Crippen LogP contribution in [0.3, 0.4) is 0 Å². The van der Waals surface area contributed by atoms with Gasteiger partial charge in [-0.1, -0.05) is 36.4 Å². The molecule has 126 valence electrons. The van der Waals surface area contributed by atoms with Crippen LogP contribution in [0.15, 0.2) is 54.9 Å². The van der Waals surface area contributed by atoms with E-state index < -0.39 is 0 Å². The molecule has 25 heavy (non-hydrogen) atoms. The summed E-state index contributed by atoms with van der Waals surface area (Å²) < 4.78 is 5.52. The lowest BCUT2D eigenvalue weighted by Crippen LogP contribution is -2.23. The van der Waals surface area contributed by atoms with Crippen LogP contribution in [0, 0.1) is 0 Å². The second-order valence-electron chi connectivity index (χ2n) is 5.93. The van der Waals surface area contributed by atoms with Gasteiger partial charge in [0.05, 0.1) is 18.0 Å². The number of fused-ring (bicyclic) bond motifs is 3. The summed E-state index contributed by atoms with van der Waals surface area (Å²) in [7, 11) is 1.68. The minimum Gasteiger partial charge on any atom is -0.496 e. The third-order valence-corrected chi connectivity index (χ3v) is 4.47. The number of anilines is 1. The Hall–Kier alpha value is -3.08. The fraction of sp³-hybridized carbons (Fsp3) is 0.200. The van der Waals surface area contributed by atoms with Crippen LogP contribution < -0.4 is 9.64 Å². The number of aromatic nitrogens is 3. The number of rotatable bonds is 5. The molecule has 0 bridgehead atoms. The van der Waals surface area contributed by atoms with E-state index in [1.807, 2.05) is 24.3 Å². The first kappa shape index (κ1) is 15.4. The number of hydrogen-bond donors (Lipinski definition) is 1. The number of benzene rings is 2. The number of nitrogens with one attached hydrogen (secondary N) is 1. The van der Waals surface area contributed by atoms with Crippen molar-refractivity contribution in [3.05, 3.63) is 60.4 Å². The van der Waals surface area contributed by atoms with Crippen LogP contribution in [-0.4, -0.2) is 28.6 Å². The Kier molecular flexibility index (Phi) is 3.98. The van der Waals surface area contributed by atoms with Crippen LogP contribution in [-0.2, 0) is 6.54 Å². The van der Waals surface area contributed by atoms with Gasteiger partial charge in [0.1, 0.15) is 23.1 Å². The van der Waals surface area contributed by atoms with Crippen LogP contribution in [0.2, 0.25) is 0 Å². The van der Waals surface area contributed by atoms with Gasteiger partial charge in [0, 0.05) is 13.1 Å². The molecule has 0 saturated carbocycles. The number of H-pyrrole nitrogens is 1. The van der Waals surface area contributed by atoms with Gasteiger partial charge in [-0.3, -0.25) is 0 Å². The summed E-state index contributed by atoms with van der Waals surface area (Å²) in [6.45, 7) is 3.80. The van der Waals surface area contributed by atoms with Crippen LogP contribution in [0.25, 0.3) is 21.9 Å². The number of hydrogen-bond acceptors (Lipinski definition) is 4. The fourth-order valence-corrected chi connectivity index (χ4v) is 3.25. The summed E-state index contributed by atoms with van der Waals surface area (Å²) in [6.07, 6.45) is 1.63. The zero-order chi connectivity index (χ0) is 17.2. The second-order valence-corrected chi connectivity index (χ2v) is 5.93. The smallest absolute Gasteiger partial charge is 0.156 e. The fourth-order valence-electron chi connectivity index (χ4n) is 3.25. The Balaban J connectivity index is 1.86. The summed E-state index contributed by atoms with van der Waals surface area (Å²) in [4.78, 5) is 14.8. The van der Waals surface area contributed by atoms with Crippen molar-refractivity contribution in [2.45, 2.75) is 13.5 Å². The van der Waals surface area contributed by atoms with E-state index in [-0.39, 0.29) is 0 Å². The minimum absolute atomic E-state index is 0.802. The minimum atomic E-state index is 0.802. The highest BCUT2D eigenvalue weighted by atomic mass is 16.5. The van der Waals surface area contributed by atoms with Crippen molar-refractivity contribution < 1.29 is 4.74 Å². The Bertz CT molecular complexity index is 1010. The number of ether oxygens (including phenoxy) is 1. The molecule has 5 nitrogen and oxygen atoms in total. The van der Waals surface area contributed by atoms with Gasteiger partial charge >= 0.3 is 0 Å². The van der Waals surface area contributed by atoms with E-state index in [1.165, 1.54) is 5.56 Å². The molecule has 0 amide bonds. The van der Waals surface area contributed by atoms with E-state index in [0.29, 0.717) is 0 Å². The number of nitrogens with zero attached hydrogens (tertiary/aromatic N) is 3. The van der Waals surface area contributed by atoms with Crippen molar-refractivity contribution in [2.24, 2.45) is 0 Å². The normalized spacial score (nSPS) is 11.1. The van der Waals surface area contributed by atoms with Crippen molar-refractivity contribution in [3.63, 3.8) is 0 Å². The molecule has 2 aromatic carbocycles. The summed E-state index contributed by atoms with van der Waals surface area (Å²) in [5, 5.41) is 0.999. The maximum Gasteiger partial charge on any atom is 0.156 e. The molecule has 0 aliphatic heterocycles. The van der Waals surface area contributed by atoms with E-state index in [2.05, 4.69) is 51.0 Å². The molecule has 0 aliphatic carbocycles. The first-order valence-electron chi connectivity index (χ1n) is 8.40. The Morgan fingerprint density at radius 3 is 2.64 bits per heavy atom. The monoisotopic (exact) mass is 332 g/mol. The molecular formula is C20H20N4O. The highest BCUT2D eigenvalue weighted by Crippen LogP contribution is 2.34. The van der Waals surface area contributed by atoms with Crippen LogP contribution >= 0.6 is 0 Å². The molecule has 1 N–H and O–H groups in total.